The summed E-state index contributed by atoms with van der Waals surface area (Å²) < 4.78 is 33.5. The molecule has 176 valence electrons. The Bertz CT molecular complexity index is 1460. The van der Waals surface area contributed by atoms with E-state index in [4.69, 9.17) is 16.1 Å². The van der Waals surface area contributed by atoms with Crippen LogP contribution in [0, 0.1) is 5.41 Å². The van der Waals surface area contributed by atoms with Gasteiger partial charge in [-0.3, -0.25) is 4.79 Å². The predicted octanol–water partition coefficient (Wildman–Crippen LogP) is 4.55. The fourth-order valence-corrected chi connectivity index (χ4v) is 5.63. The number of carbonyl (C=O) groups is 1. The molecule has 0 unspecified atom stereocenters. The van der Waals surface area contributed by atoms with E-state index in [-0.39, 0.29) is 22.8 Å². The van der Waals surface area contributed by atoms with Gasteiger partial charge in [-0.25, -0.2) is 12.4 Å². The van der Waals surface area contributed by atoms with Crippen molar-refractivity contribution in [3.8, 4) is 0 Å². The first-order valence-electron chi connectivity index (χ1n) is 10.8. The Hall–Kier alpha value is -3.30. The molecule has 4 aromatic rings. The molecule has 34 heavy (non-hydrogen) atoms. The van der Waals surface area contributed by atoms with Gasteiger partial charge >= 0.3 is 0 Å². The van der Waals surface area contributed by atoms with Gasteiger partial charge in [-0.2, -0.15) is 0 Å². The Kier molecular flexibility index (Phi) is 5.61. The number of halogens is 1. The van der Waals surface area contributed by atoms with Crippen LogP contribution in [0.3, 0.4) is 0 Å². The molecule has 1 aliphatic carbocycles. The quantitative estimate of drug-likeness (QED) is 0.369. The number of hydrogen-bond acceptors (Lipinski definition) is 6. The highest BCUT2D eigenvalue weighted by atomic mass is 35.5. The van der Waals surface area contributed by atoms with Crippen molar-refractivity contribution in [1.82, 2.24) is 14.4 Å². The maximum absolute atomic E-state index is 13.7. The van der Waals surface area contributed by atoms with Crippen molar-refractivity contribution in [2.24, 2.45) is 5.41 Å². The lowest BCUT2D eigenvalue weighted by molar-refractivity contribution is -0.125. The normalized spacial score (nSPS) is 14.8. The standard InChI is InChI=1S/C24H23ClN4O4S/c1-24(8-9-24)23(30)27-15-18-11-16-12-20(25)17(14-26-22-7-10-33-28-22)13-21(16)29(18)34(31,32)19-5-3-2-4-6-19/h2-7,10-13H,8-9,14-15H2,1H3,(H,26,28)(H,27,30). The lowest BCUT2D eigenvalue weighted by Crippen LogP contribution is -2.31. The zero-order chi connectivity index (χ0) is 23.9. The molecule has 1 saturated carbocycles. The Morgan fingerprint density at radius 1 is 1.15 bits per heavy atom. The van der Waals surface area contributed by atoms with E-state index in [1.807, 2.05) is 6.92 Å². The number of benzene rings is 2. The van der Waals surface area contributed by atoms with Crippen LogP contribution < -0.4 is 10.6 Å². The van der Waals surface area contributed by atoms with E-state index in [1.54, 1.807) is 54.6 Å². The number of anilines is 1. The minimum absolute atomic E-state index is 0.0723. The number of rotatable bonds is 8. The van der Waals surface area contributed by atoms with E-state index in [0.29, 0.717) is 39.5 Å². The molecule has 0 radical (unpaired) electrons. The molecule has 2 N–H and O–H groups in total. The molecule has 1 amide bonds. The second kappa shape index (κ2) is 8.48. The van der Waals surface area contributed by atoms with Gasteiger partial charge < -0.3 is 15.2 Å². The van der Waals surface area contributed by atoms with Crippen LogP contribution in [0.15, 0.2) is 70.3 Å². The van der Waals surface area contributed by atoms with Crippen molar-refractivity contribution in [3.05, 3.63) is 77.1 Å². The number of nitrogens with zero attached hydrogens (tertiary/aromatic N) is 2. The number of fused-ring (bicyclic) bond motifs is 1. The molecular weight excluding hydrogens is 476 g/mol. The highest BCUT2D eigenvalue weighted by Gasteiger charge is 2.44. The van der Waals surface area contributed by atoms with Crippen molar-refractivity contribution >= 4 is 44.3 Å². The molecule has 2 aromatic heterocycles. The highest BCUT2D eigenvalue weighted by Crippen LogP contribution is 2.45. The fourth-order valence-electron chi connectivity index (χ4n) is 3.83. The average molecular weight is 499 g/mol. The number of carbonyl (C=O) groups excluding carboxylic acids is 1. The van der Waals surface area contributed by atoms with E-state index in [2.05, 4.69) is 15.8 Å². The lowest BCUT2D eigenvalue weighted by Gasteiger charge is -2.15. The van der Waals surface area contributed by atoms with Crippen LogP contribution in [0.25, 0.3) is 10.9 Å². The zero-order valence-corrected chi connectivity index (χ0v) is 20.0. The highest BCUT2D eigenvalue weighted by molar-refractivity contribution is 7.90. The zero-order valence-electron chi connectivity index (χ0n) is 18.4. The number of hydrogen-bond donors (Lipinski definition) is 2. The molecule has 8 nitrogen and oxygen atoms in total. The van der Waals surface area contributed by atoms with E-state index in [9.17, 15) is 13.2 Å². The van der Waals surface area contributed by atoms with Crippen molar-refractivity contribution in [2.45, 2.75) is 37.8 Å². The Balaban J connectivity index is 1.58. The summed E-state index contributed by atoms with van der Waals surface area (Å²) in [5.74, 6) is 0.470. The number of aromatic nitrogens is 2. The monoisotopic (exact) mass is 498 g/mol. The van der Waals surface area contributed by atoms with Crippen molar-refractivity contribution in [1.29, 1.82) is 0 Å². The average Bonchev–Trinajstić information content (AvgIpc) is 3.22. The van der Waals surface area contributed by atoms with Gasteiger partial charge in [-0.1, -0.05) is 41.9 Å². The summed E-state index contributed by atoms with van der Waals surface area (Å²) in [4.78, 5) is 12.7. The Labute approximate surface area is 201 Å². The van der Waals surface area contributed by atoms with E-state index < -0.39 is 10.0 Å². The van der Waals surface area contributed by atoms with Crippen LogP contribution in [-0.4, -0.2) is 23.5 Å². The molecule has 2 aromatic carbocycles. The molecule has 1 aliphatic rings. The molecule has 5 rings (SSSR count). The van der Waals surface area contributed by atoms with Crippen LogP contribution in [-0.2, 0) is 27.9 Å². The largest absolute Gasteiger partial charge is 0.363 e. The summed E-state index contributed by atoms with van der Waals surface area (Å²) in [6.45, 7) is 2.31. The Morgan fingerprint density at radius 2 is 1.91 bits per heavy atom. The second-order valence-corrected chi connectivity index (χ2v) is 10.9. The summed E-state index contributed by atoms with van der Waals surface area (Å²) in [5.41, 5.74) is 1.26. The summed E-state index contributed by atoms with van der Waals surface area (Å²) in [7, 11) is -3.93. The smallest absolute Gasteiger partial charge is 0.268 e. The van der Waals surface area contributed by atoms with Crippen LogP contribution >= 0.6 is 11.6 Å². The van der Waals surface area contributed by atoms with Gasteiger partial charge in [0.15, 0.2) is 5.82 Å². The number of amides is 1. The van der Waals surface area contributed by atoms with Crippen LogP contribution in [0.5, 0.6) is 0 Å². The van der Waals surface area contributed by atoms with Crippen molar-refractivity contribution in [2.75, 3.05) is 5.32 Å². The molecule has 0 aliphatic heterocycles. The minimum Gasteiger partial charge on any atom is -0.363 e. The van der Waals surface area contributed by atoms with Gasteiger partial charge in [-0.05, 0) is 48.7 Å². The van der Waals surface area contributed by atoms with E-state index in [0.717, 1.165) is 12.8 Å². The molecule has 0 bridgehead atoms. The molecule has 1 fully saturated rings. The van der Waals surface area contributed by atoms with Crippen LogP contribution in [0.4, 0.5) is 5.82 Å². The van der Waals surface area contributed by atoms with Gasteiger partial charge in [-0.15, -0.1) is 0 Å². The van der Waals surface area contributed by atoms with Gasteiger partial charge in [0.25, 0.3) is 10.0 Å². The van der Waals surface area contributed by atoms with E-state index >= 15 is 0 Å². The lowest BCUT2D eigenvalue weighted by atomic mass is 10.1. The van der Waals surface area contributed by atoms with Gasteiger partial charge in [0.1, 0.15) is 6.26 Å². The van der Waals surface area contributed by atoms with Crippen LogP contribution in [0.2, 0.25) is 5.02 Å². The topological polar surface area (TPSA) is 106 Å². The first-order valence-corrected chi connectivity index (χ1v) is 12.7. The third-order valence-electron chi connectivity index (χ3n) is 6.15. The maximum Gasteiger partial charge on any atom is 0.268 e. The minimum atomic E-state index is -3.93. The molecule has 0 saturated heterocycles. The Morgan fingerprint density at radius 3 is 2.59 bits per heavy atom. The van der Waals surface area contributed by atoms with E-state index in [1.165, 1.54) is 10.2 Å². The molecule has 10 heteroatoms. The fraction of sp³-hybridized carbons (Fsp3) is 0.250. The van der Waals surface area contributed by atoms with Gasteiger partial charge in [0.2, 0.25) is 5.91 Å². The first-order chi connectivity index (χ1) is 16.3. The van der Waals surface area contributed by atoms with Crippen molar-refractivity contribution < 1.29 is 17.7 Å². The van der Waals surface area contributed by atoms with Gasteiger partial charge in [0, 0.05) is 28.4 Å². The summed E-state index contributed by atoms with van der Waals surface area (Å²) >= 11 is 6.52. The predicted molar refractivity (Wildman–Crippen MR) is 129 cm³/mol. The summed E-state index contributed by atoms with van der Waals surface area (Å²) in [6, 6.07) is 15.1. The molecular formula is C24H23ClN4O4S. The number of nitrogens with one attached hydrogen (secondary N) is 2. The van der Waals surface area contributed by atoms with Crippen molar-refractivity contribution in [3.63, 3.8) is 0 Å². The molecule has 2 heterocycles. The first kappa shape index (κ1) is 22.5. The van der Waals surface area contributed by atoms with Gasteiger partial charge in [0.05, 0.1) is 22.7 Å². The summed E-state index contributed by atoms with van der Waals surface area (Å²) in [5, 5.41) is 11.0. The maximum atomic E-state index is 13.7. The molecule has 0 atom stereocenters. The SMILES string of the molecule is CC1(C(=O)NCc2cc3cc(Cl)c(CNc4ccon4)cc3n2S(=O)(=O)c2ccccc2)CC1. The molecule has 0 spiro atoms. The van der Waals surface area contributed by atoms with Crippen LogP contribution in [0.1, 0.15) is 31.0 Å². The third kappa shape index (κ3) is 4.17. The third-order valence-corrected chi connectivity index (χ3v) is 8.29. The second-order valence-electron chi connectivity index (χ2n) is 8.70. The summed E-state index contributed by atoms with van der Waals surface area (Å²) in [6.07, 6.45) is 3.12.